The fourth-order valence-electron chi connectivity index (χ4n) is 5.15. The Hall–Kier alpha value is -7.50. The van der Waals surface area contributed by atoms with Crippen LogP contribution >= 0.6 is 0 Å². The SMILES string of the molecule is COC(=O)CCn1ccc(-c2ncccc2COc2cnc(OC)cc2C=O)n1.COc1cc(C=O)c(OCc2cccnc2-c2ccn(CCC(=O)O)n2)cn1. The zero-order chi connectivity index (χ0) is 40.6. The van der Waals surface area contributed by atoms with Crippen LogP contribution in [0.15, 0.2) is 85.7 Å². The van der Waals surface area contributed by atoms with E-state index < -0.39 is 5.97 Å². The third kappa shape index (κ3) is 11.3. The second-order valence-corrected chi connectivity index (χ2v) is 11.8. The Kier molecular flexibility index (Phi) is 14.5. The lowest BCUT2D eigenvalue weighted by Crippen LogP contribution is -2.07. The van der Waals surface area contributed by atoms with Gasteiger partial charge in [0.2, 0.25) is 11.8 Å². The molecule has 0 aliphatic rings. The predicted octanol–water partition coefficient (Wildman–Crippen LogP) is 4.52. The van der Waals surface area contributed by atoms with Crippen molar-refractivity contribution in [2.45, 2.75) is 39.1 Å². The van der Waals surface area contributed by atoms with Gasteiger partial charge in [-0.25, -0.2) is 9.97 Å². The van der Waals surface area contributed by atoms with Gasteiger partial charge in [-0.1, -0.05) is 12.1 Å². The van der Waals surface area contributed by atoms with Crippen molar-refractivity contribution in [3.8, 4) is 46.0 Å². The number of carbonyl (C=O) groups is 4. The summed E-state index contributed by atoms with van der Waals surface area (Å²) in [6, 6.07) is 13.9. The maximum Gasteiger partial charge on any atom is 0.307 e. The molecular weight excluding hydrogens is 740 g/mol. The van der Waals surface area contributed by atoms with Crippen LogP contribution in [0.5, 0.6) is 23.3 Å². The van der Waals surface area contributed by atoms with Gasteiger partial charge in [0.15, 0.2) is 12.6 Å². The first-order valence-electron chi connectivity index (χ1n) is 17.2. The minimum Gasteiger partial charge on any atom is -0.486 e. The number of hydrogen-bond acceptors (Lipinski definition) is 15. The molecule has 6 rings (SSSR count). The third-order valence-electron chi connectivity index (χ3n) is 8.06. The van der Waals surface area contributed by atoms with Crippen LogP contribution in [0, 0.1) is 0 Å². The number of nitrogens with zero attached hydrogens (tertiary/aromatic N) is 8. The summed E-state index contributed by atoms with van der Waals surface area (Å²) in [4.78, 5) is 61.5. The Balaban J connectivity index is 0.000000218. The number of aromatic nitrogens is 8. The summed E-state index contributed by atoms with van der Waals surface area (Å²) >= 11 is 0. The molecule has 0 saturated heterocycles. The standard InChI is InChI=1S/C20H20N4O5.C19H18N4O5/c1-27-18-10-15(12-25)17(11-22-18)29-13-14-4-3-7-21-20(14)16-5-8-24(23-16)9-6-19(26)28-2;1-27-17-9-14(11-24)16(10-21-17)28-12-13-3-2-6-20-19(13)15-4-7-23(22-15)8-5-18(25)26/h3-5,7-8,10-12H,6,9,13H2,1-2H3;2-4,6-7,9-11H,5,8,12H2,1H3,(H,25,26). The van der Waals surface area contributed by atoms with Gasteiger partial charge in [-0.05, 0) is 24.3 Å². The van der Waals surface area contributed by atoms with Crippen molar-refractivity contribution in [1.29, 1.82) is 0 Å². The second kappa shape index (κ2) is 20.3. The maximum atomic E-state index is 11.3. The summed E-state index contributed by atoms with van der Waals surface area (Å²) in [5.74, 6) is 0.148. The minimum absolute atomic E-state index is 0.0156. The van der Waals surface area contributed by atoms with Gasteiger partial charge in [0.1, 0.15) is 36.1 Å². The molecule has 1 N–H and O–H groups in total. The number of rotatable bonds is 18. The maximum absolute atomic E-state index is 11.3. The van der Waals surface area contributed by atoms with Crippen molar-refractivity contribution in [3.05, 3.63) is 108 Å². The van der Waals surface area contributed by atoms with Crippen LogP contribution < -0.4 is 18.9 Å². The molecule has 0 unspecified atom stereocenters. The quantitative estimate of drug-likeness (QED) is 0.0936. The lowest BCUT2D eigenvalue weighted by molar-refractivity contribution is -0.141. The van der Waals surface area contributed by atoms with Gasteiger partial charge in [-0.15, -0.1) is 0 Å². The lowest BCUT2D eigenvalue weighted by atomic mass is 10.1. The highest BCUT2D eigenvalue weighted by molar-refractivity contribution is 5.80. The first-order valence-corrected chi connectivity index (χ1v) is 17.2. The van der Waals surface area contributed by atoms with Crippen molar-refractivity contribution in [2.24, 2.45) is 0 Å². The van der Waals surface area contributed by atoms with Crippen LogP contribution in [0.25, 0.3) is 22.8 Å². The molecule has 6 aromatic rings. The van der Waals surface area contributed by atoms with Gasteiger partial charge in [0.05, 0.1) is 82.2 Å². The molecule has 0 spiro atoms. The number of hydrogen-bond donors (Lipinski definition) is 1. The van der Waals surface area contributed by atoms with Crippen molar-refractivity contribution < 1.29 is 48.0 Å². The molecule has 0 aliphatic heterocycles. The molecule has 6 heterocycles. The Morgan fingerprint density at radius 1 is 0.684 bits per heavy atom. The molecule has 0 fully saturated rings. The number of carboxylic acid groups (broad SMARTS) is 1. The van der Waals surface area contributed by atoms with E-state index in [4.69, 9.17) is 24.1 Å². The van der Waals surface area contributed by atoms with E-state index in [0.717, 1.165) is 11.1 Å². The number of esters is 1. The molecule has 0 saturated carbocycles. The normalized spacial score (nSPS) is 10.4. The largest absolute Gasteiger partial charge is 0.486 e. The number of pyridine rings is 4. The van der Waals surface area contributed by atoms with Gasteiger partial charge >= 0.3 is 11.9 Å². The van der Waals surface area contributed by atoms with E-state index in [9.17, 15) is 19.2 Å². The summed E-state index contributed by atoms with van der Waals surface area (Å²) in [6.07, 6.45) is 11.2. The van der Waals surface area contributed by atoms with E-state index in [1.54, 1.807) is 52.4 Å². The molecule has 0 bridgehead atoms. The highest BCUT2D eigenvalue weighted by Crippen LogP contribution is 2.26. The molecule has 0 amide bonds. The summed E-state index contributed by atoms with van der Waals surface area (Å²) in [5.41, 5.74) is 4.75. The highest BCUT2D eigenvalue weighted by atomic mass is 16.5. The number of ether oxygens (including phenoxy) is 5. The Labute approximate surface area is 326 Å². The zero-order valence-corrected chi connectivity index (χ0v) is 31.2. The second-order valence-electron chi connectivity index (χ2n) is 11.8. The topological polar surface area (TPSA) is 222 Å². The van der Waals surface area contributed by atoms with Crippen LogP contribution in [0.3, 0.4) is 0 Å². The Morgan fingerprint density at radius 3 is 1.58 bits per heavy atom. The predicted molar refractivity (Wildman–Crippen MR) is 201 cm³/mol. The van der Waals surface area contributed by atoms with Crippen LogP contribution in [0.2, 0.25) is 0 Å². The summed E-state index contributed by atoms with van der Waals surface area (Å²) in [5, 5.41) is 17.6. The number of carbonyl (C=O) groups excluding carboxylic acids is 3. The monoisotopic (exact) mass is 778 g/mol. The van der Waals surface area contributed by atoms with Crippen molar-refractivity contribution in [3.63, 3.8) is 0 Å². The van der Waals surface area contributed by atoms with Crippen LogP contribution in [0.4, 0.5) is 0 Å². The van der Waals surface area contributed by atoms with Gasteiger partial charge < -0.3 is 28.8 Å². The summed E-state index contributed by atoms with van der Waals surface area (Å²) in [7, 11) is 4.30. The number of aldehydes is 2. The molecule has 6 aromatic heterocycles. The zero-order valence-electron chi connectivity index (χ0n) is 31.2. The number of aliphatic carboxylic acids is 1. The van der Waals surface area contributed by atoms with Crippen molar-refractivity contribution in [2.75, 3.05) is 21.3 Å². The first kappa shape index (κ1) is 40.7. The van der Waals surface area contributed by atoms with E-state index in [1.165, 1.54) is 45.9 Å². The molecular formula is C39H38N8O10. The van der Waals surface area contributed by atoms with E-state index in [-0.39, 0.29) is 38.6 Å². The molecule has 0 aromatic carbocycles. The summed E-state index contributed by atoms with van der Waals surface area (Å²) < 4.78 is 29.4. The highest BCUT2D eigenvalue weighted by Gasteiger charge is 2.15. The lowest BCUT2D eigenvalue weighted by Gasteiger charge is -2.11. The minimum atomic E-state index is -0.886. The molecule has 57 heavy (non-hydrogen) atoms. The fraction of sp³-hybridized carbons (Fsp3) is 0.231. The van der Waals surface area contributed by atoms with Gasteiger partial charge in [-0.2, -0.15) is 10.2 Å². The van der Waals surface area contributed by atoms with Crippen LogP contribution in [-0.2, 0) is 40.6 Å². The average molecular weight is 779 g/mol. The Bertz CT molecular complexity index is 2310. The van der Waals surface area contributed by atoms with Gasteiger partial charge in [0.25, 0.3) is 0 Å². The fourth-order valence-corrected chi connectivity index (χ4v) is 5.15. The van der Waals surface area contributed by atoms with Crippen LogP contribution in [0.1, 0.15) is 44.7 Å². The summed E-state index contributed by atoms with van der Waals surface area (Å²) in [6.45, 7) is 1.01. The van der Waals surface area contributed by atoms with Crippen molar-refractivity contribution in [1.82, 2.24) is 39.5 Å². The smallest absolute Gasteiger partial charge is 0.307 e. The van der Waals surface area contributed by atoms with Gasteiger partial charge in [-0.3, -0.25) is 38.5 Å². The van der Waals surface area contributed by atoms with E-state index in [0.29, 0.717) is 76.3 Å². The van der Waals surface area contributed by atoms with E-state index in [1.807, 2.05) is 18.2 Å². The van der Waals surface area contributed by atoms with E-state index >= 15 is 0 Å². The molecule has 0 aliphatic carbocycles. The third-order valence-corrected chi connectivity index (χ3v) is 8.06. The Morgan fingerprint density at radius 2 is 1.16 bits per heavy atom. The van der Waals surface area contributed by atoms with E-state index in [2.05, 4.69) is 34.9 Å². The number of methoxy groups -OCH3 is 3. The molecule has 18 nitrogen and oxygen atoms in total. The molecule has 18 heteroatoms. The van der Waals surface area contributed by atoms with Crippen molar-refractivity contribution >= 4 is 24.5 Å². The number of carboxylic acids is 1. The first-order chi connectivity index (χ1) is 27.7. The number of aryl methyl sites for hydroxylation is 2. The molecule has 0 radical (unpaired) electrons. The van der Waals surface area contributed by atoms with Crippen LogP contribution in [-0.4, -0.2) is 90.4 Å². The average Bonchev–Trinajstić information content (AvgIpc) is 3.94. The molecule has 294 valence electrons. The van der Waals surface area contributed by atoms with Gasteiger partial charge in [0, 0.05) is 48.0 Å². The molecule has 0 atom stereocenters.